The molecule has 14 heavy (non-hydrogen) atoms. The first kappa shape index (κ1) is 11.5. The maximum atomic E-state index is 3.42. The lowest BCUT2D eigenvalue weighted by atomic mass is 10.1. The van der Waals surface area contributed by atoms with E-state index in [1.807, 2.05) is 0 Å². The molecule has 0 spiro atoms. The second-order valence-electron chi connectivity index (χ2n) is 3.45. The summed E-state index contributed by atoms with van der Waals surface area (Å²) < 4.78 is 1.14. The van der Waals surface area contributed by atoms with Crippen molar-refractivity contribution in [3.63, 3.8) is 0 Å². The number of hydrogen-bond acceptors (Lipinski definition) is 0. The molecule has 0 saturated heterocycles. The van der Waals surface area contributed by atoms with E-state index in [-0.39, 0.29) is 0 Å². The molecule has 1 aromatic carbocycles. The molecule has 0 heterocycles. The standard InChI is InChI=1S/C13H17Br/c1-2-3-4-5-6-7-12-8-10-13(14)11-9-12/h6-11H,2-5H2,1H3/b7-6-. The Balaban J connectivity index is 2.33. The Morgan fingerprint density at radius 2 is 1.86 bits per heavy atom. The summed E-state index contributed by atoms with van der Waals surface area (Å²) in [5, 5.41) is 0. The van der Waals surface area contributed by atoms with E-state index in [1.165, 1.54) is 31.2 Å². The van der Waals surface area contributed by atoms with Gasteiger partial charge in [0.15, 0.2) is 0 Å². The minimum absolute atomic E-state index is 1.14. The Morgan fingerprint density at radius 3 is 2.50 bits per heavy atom. The van der Waals surface area contributed by atoms with Crippen molar-refractivity contribution in [1.29, 1.82) is 0 Å². The Bertz CT molecular complexity index is 272. The minimum atomic E-state index is 1.14. The molecule has 1 heteroatoms. The molecule has 0 bridgehead atoms. The first-order chi connectivity index (χ1) is 6.83. The third-order valence-corrected chi connectivity index (χ3v) is 2.68. The van der Waals surface area contributed by atoms with Crippen molar-refractivity contribution in [3.05, 3.63) is 40.4 Å². The van der Waals surface area contributed by atoms with Gasteiger partial charge in [0.25, 0.3) is 0 Å². The minimum Gasteiger partial charge on any atom is -0.0839 e. The summed E-state index contributed by atoms with van der Waals surface area (Å²) in [6.45, 7) is 2.23. The van der Waals surface area contributed by atoms with Gasteiger partial charge in [0.1, 0.15) is 0 Å². The Kier molecular flexibility index (Phi) is 5.62. The SMILES string of the molecule is CCCCC/C=C\c1ccc(Br)cc1. The number of halogens is 1. The van der Waals surface area contributed by atoms with Crippen LogP contribution in [-0.4, -0.2) is 0 Å². The van der Waals surface area contributed by atoms with Crippen LogP contribution in [0.15, 0.2) is 34.8 Å². The van der Waals surface area contributed by atoms with Gasteiger partial charge in [-0.3, -0.25) is 0 Å². The molecule has 0 radical (unpaired) electrons. The number of hydrogen-bond donors (Lipinski definition) is 0. The van der Waals surface area contributed by atoms with Crippen LogP contribution in [0.4, 0.5) is 0 Å². The van der Waals surface area contributed by atoms with Gasteiger partial charge < -0.3 is 0 Å². The summed E-state index contributed by atoms with van der Waals surface area (Å²) in [6.07, 6.45) is 9.60. The molecule has 0 unspecified atom stereocenters. The van der Waals surface area contributed by atoms with E-state index in [4.69, 9.17) is 0 Å². The van der Waals surface area contributed by atoms with Gasteiger partial charge in [-0.15, -0.1) is 0 Å². The van der Waals surface area contributed by atoms with Gasteiger partial charge in [-0.25, -0.2) is 0 Å². The van der Waals surface area contributed by atoms with Gasteiger partial charge in [0.05, 0.1) is 0 Å². The van der Waals surface area contributed by atoms with Crippen molar-refractivity contribution in [3.8, 4) is 0 Å². The molecule has 0 aromatic heterocycles. The Labute approximate surface area is 95.2 Å². The molecule has 0 saturated carbocycles. The largest absolute Gasteiger partial charge is 0.0839 e. The molecule has 0 atom stereocenters. The van der Waals surface area contributed by atoms with Gasteiger partial charge in [-0.2, -0.15) is 0 Å². The fourth-order valence-corrected chi connectivity index (χ4v) is 1.57. The number of allylic oxidation sites excluding steroid dienone is 1. The first-order valence-electron chi connectivity index (χ1n) is 5.25. The zero-order chi connectivity index (χ0) is 10.2. The monoisotopic (exact) mass is 252 g/mol. The van der Waals surface area contributed by atoms with Crippen LogP contribution in [0.2, 0.25) is 0 Å². The van der Waals surface area contributed by atoms with Crippen molar-refractivity contribution in [2.75, 3.05) is 0 Å². The molecule has 0 N–H and O–H groups in total. The topological polar surface area (TPSA) is 0 Å². The molecule has 0 nitrogen and oxygen atoms in total. The van der Waals surface area contributed by atoms with Gasteiger partial charge >= 0.3 is 0 Å². The summed E-state index contributed by atoms with van der Waals surface area (Å²) in [4.78, 5) is 0. The summed E-state index contributed by atoms with van der Waals surface area (Å²) in [6, 6.07) is 8.40. The van der Waals surface area contributed by atoms with E-state index in [0.717, 1.165) is 4.47 Å². The van der Waals surface area contributed by atoms with E-state index in [1.54, 1.807) is 0 Å². The highest BCUT2D eigenvalue weighted by Gasteiger charge is 1.87. The lowest BCUT2D eigenvalue weighted by molar-refractivity contribution is 0.730. The van der Waals surface area contributed by atoms with Crippen molar-refractivity contribution in [2.24, 2.45) is 0 Å². The first-order valence-corrected chi connectivity index (χ1v) is 6.04. The van der Waals surface area contributed by atoms with Crippen LogP contribution >= 0.6 is 15.9 Å². The summed E-state index contributed by atoms with van der Waals surface area (Å²) in [7, 11) is 0. The van der Waals surface area contributed by atoms with Crippen molar-refractivity contribution in [2.45, 2.75) is 32.6 Å². The summed E-state index contributed by atoms with van der Waals surface area (Å²) in [5.74, 6) is 0. The van der Waals surface area contributed by atoms with E-state index >= 15 is 0 Å². The van der Waals surface area contributed by atoms with Crippen LogP contribution in [0.25, 0.3) is 6.08 Å². The maximum Gasteiger partial charge on any atom is 0.0175 e. The normalized spacial score (nSPS) is 11.0. The molecular formula is C13H17Br. The highest BCUT2D eigenvalue weighted by Crippen LogP contribution is 2.12. The molecule has 0 aliphatic heterocycles. The van der Waals surface area contributed by atoms with Gasteiger partial charge in [0.2, 0.25) is 0 Å². The zero-order valence-electron chi connectivity index (χ0n) is 8.67. The molecule has 0 aliphatic carbocycles. The van der Waals surface area contributed by atoms with Crippen LogP contribution < -0.4 is 0 Å². The molecule has 1 rings (SSSR count). The highest BCUT2D eigenvalue weighted by atomic mass is 79.9. The van der Waals surface area contributed by atoms with Crippen LogP contribution in [0.3, 0.4) is 0 Å². The fraction of sp³-hybridized carbons (Fsp3) is 0.385. The van der Waals surface area contributed by atoms with Crippen molar-refractivity contribution < 1.29 is 0 Å². The Morgan fingerprint density at radius 1 is 1.14 bits per heavy atom. The summed E-state index contributed by atoms with van der Waals surface area (Å²) >= 11 is 3.42. The lowest BCUT2D eigenvalue weighted by Gasteiger charge is -1.94. The average Bonchev–Trinajstić information content (AvgIpc) is 2.21. The maximum absolute atomic E-state index is 3.42. The predicted octanol–water partition coefficient (Wildman–Crippen LogP) is 5.04. The number of rotatable bonds is 5. The molecule has 1 aromatic rings. The third-order valence-electron chi connectivity index (χ3n) is 2.15. The van der Waals surface area contributed by atoms with E-state index in [0.29, 0.717) is 0 Å². The fourth-order valence-electron chi connectivity index (χ4n) is 1.31. The second-order valence-corrected chi connectivity index (χ2v) is 4.37. The molecular weight excluding hydrogens is 236 g/mol. The van der Waals surface area contributed by atoms with E-state index in [2.05, 4.69) is 59.3 Å². The van der Waals surface area contributed by atoms with Crippen molar-refractivity contribution >= 4 is 22.0 Å². The number of unbranched alkanes of at least 4 members (excludes halogenated alkanes) is 3. The van der Waals surface area contributed by atoms with Crippen molar-refractivity contribution in [1.82, 2.24) is 0 Å². The van der Waals surface area contributed by atoms with Crippen LogP contribution in [-0.2, 0) is 0 Å². The molecule has 0 amide bonds. The average molecular weight is 253 g/mol. The van der Waals surface area contributed by atoms with E-state index < -0.39 is 0 Å². The molecule has 0 fully saturated rings. The quantitative estimate of drug-likeness (QED) is 0.644. The third kappa shape index (κ3) is 4.61. The molecule has 76 valence electrons. The van der Waals surface area contributed by atoms with Crippen LogP contribution in [0, 0.1) is 0 Å². The van der Waals surface area contributed by atoms with Crippen LogP contribution in [0.5, 0.6) is 0 Å². The molecule has 0 aliphatic rings. The predicted molar refractivity (Wildman–Crippen MR) is 67.3 cm³/mol. The number of benzene rings is 1. The van der Waals surface area contributed by atoms with Gasteiger partial charge in [0, 0.05) is 4.47 Å². The second kappa shape index (κ2) is 6.83. The smallest absolute Gasteiger partial charge is 0.0175 e. The Hall–Kier alpha value is -0.560. The zero-order valence-corrected chi connectivity index (χ0v) is 10.3. The summed E-state index contributed by atoms with van der Waals surface area (Å²) in [5.41, 5.74) is 1.28. The lowest BCUT2D eigenvalue weighted by Crippen LogP contribution is -1.73. The van der Waals surface area contributed by atoms with Crippen LogP contribution in [0.1, 0.15) is 38.2 Å². The van der Waals surface area contributed by atoms with Gasteiger partial charge in [-0.1, -0.05) is 60.0 Å². The van der Waals surface area contributed by atoms with Gasteiger partial charge in [-0.05, 0) is 30.5 Å². The highest BCUT2D eigenvalue weighted by molar-refractivity contribution is 9.10. The van der Waals surface area contributed by atoms with E-state index in [9.17, 15) is 0 Å².